The Kier molecular flexibility index (Phi) is 2.86. The molecular weight excluding hydrogens is 260 g/mol. The molecule has 2 heteroatoms. The molecule has 4 saturated carbocycles. The second-order valence-electron chi connectivity index (χ2n) is 9.27. The fourth-order valence-electron chi connectivity index (χ4n) is 7.64. The number of rotatable bonds is 1. The first kappa shape index (κ1) is 14.1. The maximum Gasteiger partial charge on any atom is 0.309 e. The van der Waals surface area contributed by atoms with Crippen LogP contribution in [-0.2, 0) is 4.79 Å². The average Bonchev–Trinajstić information content (AvgIpc) is 2.73. The molecule has 118 valence electrons. The first-order valence-corrected chi connectivity index (χ1v) is 9.14. The van der Waals surface area contributed by atoms with Gasteiger partial charge in [0.05, 0.1) is 5.41 Å². The molecule has 0 aromatic carbocycles. The third kappa shape index (κ3) is 1.68. The topological polar surface area (TPSA) is 37.3 Å². The number of hydrogen-bond acceptors (Lipinski definition) is 1. The lowest BCUT2D eigenvalue weighted by atomic mass is 9.41. The van der Waals surface area contributed by atoms with E-state index in [9.17, 15) is 9.90 Å². The van der Waals surface area contributed by atoms with Gasteiger partial charge in [-0.05, 0) is 86.9 Å². The molecule has 1 N–H and O–H groups in total. The summed E-state index contributed by atoms with van der Waals surface area (Å²) < 4.78 is 0. The molecule has 0 saturated heterocycles. The van der Waals surface area contributed by atoms with E-state index in [0.717, 1.165) is 24.7 Å². The van der Waals surface area contributed by atoms with Crippen molar-refractivity contribution in [2.45, 2.75) is 78.1 Å². The zero-order chi connectivity index (χ0) is 14.9. The standard InChI is InChI=1S/C19H30O2/c1-17-8-3-9-18(2,16(20)21)14(17)7-11-19-10-6-13(12-19)4-5-15(17)19/h13-15H,3-12H2,1-2H3,(H,20,21)/t13-,14-,15-,17+,18-,19-/m1/s1. The van der Waals surface area contributed by atoms with Crippen molar-refractivity contribution in [3.8, 4) is 0 Å². The van der Waals surface area contributed by atoms with Crippen LogP contribution in [0, 0.1) is 34.0 Å². The number of carbonyl (C=O) groups is 1. The molecule has 4 aliphatic rings. The molecule has 21 heavy (non-hydrogen) atoms. The SMILES string of the molecule is C[C@]12CCC[C@@](C)(C(=O)O)[C@@H]1CC[C@@]13CC[C@@H](CC[C@@H]12)C3. The molecule has 4 fully saturated rings. The normalized spacial score (nSPS) is 55.6. The summed E-state index contributed by atoms with van der Waals surface area (Å²) in [6.07, 6.45) is 12.9. The molecular formula is C19H30O2. The van der Waals surface area contributed by atoms with Crippen LogP contribution >= 0.6 is 0 Å². The van der Waals surface area contributed by atoms with Gasteiger partial charge in [0, 0.05) is 0 Å². The summed E-state index contributed by atoms with van der Waals surface area (Å²) in [5.74, 6) is 1.68. The number of fused-ring (bicyclic) bond motifs is 3. The lowest BCUT2D eigenvalue weighted by Gasteiger charge is -2.63. The first-order chi connectivity index (χ1) is 9.91. The highest BCUT2D eigenvalue weighted by molar-refractivity contribution is 5.75. The van der Waals surface area contributed by atoms with Gasteiger partial charge in [-0.25, -0.2) is 0 Å². The summed E-state index contributed by atoms with van der Waals surface area (Å²) in [6.45, 7) is 4.53. The minimum absolute atomic E-state index is 0.291. The summed E-state index contributed by atoms with van der Waals surface area (Å²) >= 11 is 0. The van der Waals surface area contributed by atoms with Crippen molar-refractivity contribution in [2.24, 2.45) is 34.0 Å². The van der Waals surface area contributed by atoms with Gasteiger partial charge < -0.3 is 5.11 Å². The zero-order valence-electron chi connectivity index (χ0n) is 13.7. The van der Waals surface area contributed by atoms with Gasteiger partial charge in [0.15, 0.2) is 0 Å². The van der Waals surface area contributed by atoms with Crippen molar-refractivity contribution in [1.82, 2.24) is 0 Å². The number of carboxylic acid groups (broad SMARTS) is 1. The van der Waals surface area contributed by atoms with E-state index in [1.165, 1.54) is 51.4 Å². The van der Waals surface area contributed by atoms with Gasteiger partial charge in [0.25, 0.3) is 0 Å². The van der Waals surface area contributed by atoms with E-state index in [1.807, 2.05) is 0 Å². The largest absolute Gasteiger partial charge is 0.481 e. The molecule has 4 rings (SSSR count). The highest BCUT2D eigenvalue weighted by atomic mass is 16.4. The third-order valence-corrected chi connectivity index (χ3v) is 8.54. The summed E-state index contributed by atoms with van der Waals surface area (Å²) in [4.78, 5) is 12.0. The van der Waals surface area contributed by atoms with Crippen molar-refractivity contribution in [2.75, 3.05) is 0 Å². The van der Waals surface area contributed by atoms with E-state index in [0.29, 0.717) is 16.7 Å². The lowest BCUT2D eigenvalue weighted by Crippen LogP contribution is -2.58. The van der Waals surface area contributed by atoms with Crippen molar-refractivity contribution >= 4 is 5.97 Å². The van der Waals surface area contributed by atoms with Crippen LogP contribution in [0.1, 0.15) is 78.1 Å². The fraction of sp³-hybridized carbons (Fsp3) is 0.947. The molecule has 1 spiro atoms. The van der Waals surface area contributed by atoms with Crippen LogP contribution < -0.4 is 0 Å². The second kappa shape index (κ2) is 4.26. The molecule has 0 aromatic rings. The highest BCUT2D eigenvalue weighted by Crippen LogP contribution is 2.71. The Balaban J connectivity index is 1.74. The summed E-state index contributed by atoms with van der Waals surface area (Å²) in [5, 5.41) is 9.88. The predicted octanol–water partition coefficient (Wildman–Crippen LogP) is 4.87. The fourth-order valence-corrected chi connectivity index (χ4v) is 7.64. The molecule has 6 atom stereocenters. The Labute approximate surface area is 128 Å². The molecule has 0 heterocycles. The van der Waals surface area contributed by atoms with Gasteiger partial charge in [-0.15, -0.1) is 0 Å². The molecule has 0 amide bonds. The Hall–Kier alpha value is -0.530. The summed E-state index contributed by atoms with van der Waals surface area (Å²) in [5.41, 5.74) is 0.425. The smallest absolute Gasteiger partial charge is 0.309 e. The van der Waals surface area contributed by atoms with Crippen molar-refractivity contribution in [3.63, 3.8) is 0 Å². The zero-order valence-corrected chi connectivity index (χ0v) is 13.7. The number of carboxylic acids is 1. The van der Waals surface area contributed by atoms with Crippen LogP contribution in [-0.4, -0.2) is 11.1 Å². The van der Waals surface area contributed by atoms with E-state index >= 15 is 0 Å². The third-order valence-electron chi connectivity index (χ3n) is 8.54. The number of aliphatic carboxylic acids is 1. The van der Waals surface area contributed by atoms with Crippen molar-refractivity contribution in [1.29, 1.82) is 0 Å². The van der Waals surface area contributed by atoms with E-state index < -0.39 is 11.4 Å². The van der Waals surface area contributed by atoms with Gasteiger partial charge in [-0.1, -0.05) is 19.8 Å². The molecule has 4 aliphatic carbocycles. The monoisotopic (exact) mass is 290 g/mol. The lowest BCUT2D eigenvalue weighted by molar-refractivity contribution is -0.181. The molecule has 0 aliphatic heterocycles. The van der Waals surface area contributed by atoms with E-state index in [-0.39, 0.29) is 0 Å². The van der Waals surface area contributed by atoms with Crippen LogP contribution in [0.25, 0.3) is 0 Å². The maximum atomic E-state index is 12.0. The highest BCUT2D eigenvalue weighted by Gasteiger charge is 2.64. The van der Waals surface area contributed by atoms with Crippen LogP contribution in [0.3, 0.4) is 0 Å². The maximum absolute atomic E-state index is 12.0. The van der Waals surface area contributed by atoms with Gasteiger partial charge in [-0.2, -0.15) is 0 Å². The Morgan fingerprint density at radius 2 is 1.71 bits per heavy atom. The molecule has 0 unspecified atom stereocenters. The van der Waals surface area contributed by atoms with E-state index in [2.05, 4.69) is 13.8 Å². The van der Waals surface area contributed by atoms with Crippen molar-refractivity contribution < 1.29 is 9.90 Å². The van der Waals surface area contributed by atoms with Crippen LogP contribution in [0.2, 0.25) is 0 Å². The van der Waals surface area contributed by atoms with E-state index in [4.69, 9.17) is 0 Å². The molecule has 2 bridgehead atoms. The summed E-state index contributed by atoms with van der Waals surface area (Å²) in [7, 11) is 0. The minimum atomic E-state index is -0.533. The van der Waals surface area contributed by atoms with Gasteiger partial charge >= 0.3 is 5.97 Å². The Bertz CT molecular complexity index is 472. The van der Waals surface area contributed by atoms with Crippen molar-refractivity contribution in [3.05, 3.63) is 0 Å². The molecule has 0 radical (unpaired) electrons. The number of hydrogen-bond donors (Lipinski definition) is 1. The van der Waals surface area contributed by atoms with Gasteiger partial charge in [0.2, 0.25) is 0 Å². The minimum Gasteiger partial charge on any atom is -0.481 e. The van der Waals surface area contributed by atoms with Crippen LogP contribution in [0.15, 0.2) is 0 Å². The average molecular weight is 290 g/mol. The summed E-state index contributed by atoms with van der Waals surface area (Å²) in [6, 6.07) is 0. The molecule has 2 nitrogen and oxygen atoms in total. The van der Waals surface area contributed by atoms with E-state index in [1.54, 1.807) is 0 Å². The Morgan fingerprint density at radius 3 is 2.48 bits per heavy atom. The van der Waals surface area contributed by atoms with Crippen LogP contribution in [0.5, 0.6) is 0 Å². The second-order valence-corrected chi connectivity index (χ2v) is 9.27. The van der Waals surface area contributed by atoms with Gasteiger partial charge in [-0.3, -0.25) is 4.79 Å². The predicted molar refractivity (Wildman–Crippen MR) is 82.9 cm³/mol. The molecule has 0 aromatic heterocycles. The first-order valence-electron chi connectivity index (χ1n) is 9.14. The van der Waals surface area contributed by atoms with Crippen LogP contribution in [0.4, 0.5) is 0 Å². The Morgan fingerprint density at radius 1 is 0.952 bits per heavy atom. The van der Waals surface area contributed by atoms with Gasteiger partial charge in [0.1, 0.15) is 0 Å². The quantitative estimate of drug-likeness (QED) is 0.747.